The second-order valence-electron chi connectivity index (χ2n) is 22.9. The van der Waals surface area contributed by atoms with Gasteiger partial charge < -0.3 is 17.7 Å². The molecular formula is C46H80O6Si4. The van der Waals surface area contributed by atoms with Gasteiger partial charge in [0.05, 0.1) is 12.2 Å². The molecule has 0 unspecified atom stereocenters. The van der Waals surface area contributed by atoms with Crippen molar-refractivity contribution >= 4 is 33.3 Å². The lowest BCUT2D eigenvalue weighted by Crippen LogP contribution is -2.57. The van der Waals surface area contributed by atoms with Crippen molar-refractivity contribution in [3.63, 3.8) is 0 Å². The zero-order valence-electron chi connectivity index (χ0n) is 39.1. The molecule has 0 spiro atoms. The van der Waals surface area contributed by atoms with Gasteiger partial charge in [0.1, 0.15) is 24.4 Å². The van der Waals surface area contributed by atoms with Crippen molar-refractivity contribution in [2.45, 2.75) is 193 Å². The monoisotopic (exact) mass is 841 g/mol. The highest BCUT2D eigenvalue weighted by molar-refractivity contribution is 6.80. The van der Waals surface area contributed by atoms with Gasteiger partial charge in [0.25, 0.3) is 0 Å². The van der Waals surface area contributed by atoms with Gasteiger partial charge in [-0.2, -0.15) is 0 Å². The Balaban J connectivity index is 1.94. The maximum atomic E-state index is 7.78. The molecular weight excluding hydrogens is 761 g/mol. The van der Waals surface area contributed by atoms with E-state index < -0.39 is 45.5 Å². The van der Waals surface area contributed by atoms with Gasteiger partial charge in [-0.05, 0) is 82.7 Å². The summed E-state index contributed by atoms with van der Waals surface area (Å²) >= 11 is 0. The first-order valence-corrected chi connectivity index (χ1v) is 32.3. The van der Waals surface area contributed by atoms with Crippen LogP contribution in [0.1, 0.15) is 120 Å². The van der Waals surface area contributed by atoms with Gasteiger partial charge in [0.2, 0.25) is 16.6 Å². The van der Waals surface area contributed by atoms with Crippen LogP contribution in [0.15, 0.2) is 60.7 Å². The van der Waals surface area contributed by atoms with Crippen LogP contribution in [0.5, 0.6) is 0 Å². The molecule has 0 aliphatic carbocycles. The van der Waals surface area contributed by atoms with E-state index in [1.807, 2.05) is 0 Å². The molecule has 316 valence electrons. The SMILES string of the molecule is C[C@H]1[C](O[Si](C)(C)C)[C@@H](OO[C@H]2C[Si](C(C)(C)C)(C(C)(C)C)O[C@H](c3ccccc3)[C@@H](C)[C]2O[Si](C)(C)C)C[Si](C(C)(C)C)(C(C)(C)C)O[C@@H]1c1ccccc1. The average molecular weight is 841 g/mol. The molecule has 6 nitrogen and oxygen atoms in total. The van der Waals surface area contributed by atoms with Crippen molar-refractivity contribution in [3.05, 3.63) is 84.0 Å². The van der Waals surface area contributed by atoms with Gasteiger partial charge in [-0.3, -0.25) is 0 Å². The third-order valence-electron chi connectivity index (χ3n) is 12.3. The quantitative estimate of drug-likeness (QED) is 0.142. The molecule has 10 heteroatoms. The fraction of sp³-hybridized carbons (Fsp3) is 0.696. The maximum absolute atomic E-state index is 7.78. The molecule has 2 aliphatic rings. The molecule has 2 aromatic carbocycles. The largest absolute Gasteiger partial charge is 0.408 e. The van der Waals surface area contributed by atoms with Crippen molar-refractivity contribution < 1.29 is 27.5 Å². The zero-order chi connectivity index (χ0) is 42.5. The van der Waals surface area contributed by atoms with Crippen molar-refractivity contribution in [1.29, 1.82) is 0 Å². The highest BCUT2D eigenvalue weighted by Crippen LogP contribution is 2.62. The fourth-order valence-corrected chi connectivity index (χ4v) is 23.6. The highest BCUT2D eigenvalue weighted by Gasteiger charge is 2.64. The molecule has 0 N–H and O–H groups in total. The smallest absolute Gasteiger partial charge is 0.207 e. The Kier molecular flexibility index (Phi) is 14.4. The van der Waals surface area contributed by atoms with Crippen molar-refractivity contribution in [1.82, 2.24) is 0 Å². The predicted molar refractivity (Wildman–Crippen MR) is 244 cm³/mol. The summed E-state index contributed by atoms with van der Waals surface area (Å²) in [5.41, 5.74) is 2.35. The summed E-state index contributed by atoms with van der Waals surface area (Å²) < 4.78 is 30.0. The van der Waals surface area contributed by atoms with E-state index in [1.54, 1.807) is 0 Å². The summed E-state index contributed by atoms with van der Waals surface area (Å²) in [4.78, 5) is 14.3. The van der Waals surface area contributed by atoms with E-state index in [0.717, 1.165) is 12.2 Å². The van der Waals surface area contributed by atoms with Crippen LogP contribution in [0.25, 0.3) is 0 Å². The fourth-order valence-electron chi connectivity index (χ4n) is 9.84. The second-order valence-corrected chi connectivity index (χ2v) is 42.4. The van der Waals surface area contributed by atoms with Crippen LogP contribution in [0, 0.1) is 24.0 Å². The maximum Gasteiger partial charge on any atom is 0.207 e. The predicted octanol–water partition coefficient (Wildman–Crippen LogP) is 14.3. The molecule has 6 atom stereocenters. The van der Waals surface area contributed by atoms with Gasteiger partial charge in [-0.25, -0.2) is 9.78 Å². The normalized spacial score (nSPS) is 27.8. The Morgan fingerprint density at radius 2 is 0.750 bits per heavy atom. The molecule has 0 bridgehead atoms. The van der Waals surface area contributed by atoms with Crippen LogP contribution in [-0.2, 0) is 27.5 Å². The van der Waals surface area contributed by atoms with Crippen molar-refractivity contribution in [2.75, 3.05) is 0 Å². The number of rotatable bonds is 9. The van der Waals surface area contributed by atoms with Gasteiger partial charge in [-0.1, -0.05) is 158 Å². The van der Waals surface area contributed by atoms with E-state index in [-0.39, 0.29) is 44.2 Å². The number of hydrogen-bond acceptors (Lipinski definition) is 6. The minimum Gasteiger partial charge on any atom is -0.408 e. The molecule has 56 heavy (non-hydrogen) atoms. The minimum absolute atomic E-state index is 0.0741. The molecule has 2 heterocycles. The summed E-state index contributed by atoms with van der Waals surface area (Å²) in [5, 5.41) is -0.498. The van der Waals surface area contributed by atoms with Gasteiger partial charge in [0, 0.05) is 11.8 Å². The number of benzene rings is 2. The molecule has 0 aromatic heterocycles. The van der Waals surface area contributed by atoms with Gasteiger partial charge in [-0.15, -0.1) is 0 Å². The highest BCUT2D eigenvalue weighted by atomic mass is 28.4. The second kappa shape index (κ2) is 16.8. The van der Waals surface area contributed by atoms with Crippen LogP contribution < -0.4 is 0 Å². The van der Waals surface area contributed by atoms with Gasteiger partial charge in [0.15, 0.2) is 16.6 Å². The number of hydrogen-bond donors (Lipinski definition) is 0. The minimum atomic E-state index is -2.75. The van der Waals surface area contributed by atoms with Crippen LogP contribution in [-0.4, -0.2) is 45.5 Å². The Morgan fingerprint density at radius 3 is 0.982 bits per heavy atom. The van der Waals surface area contributed by atoms with E-state index in [2.05, 4.69) is 197 Å². The molecule has 2 saturated heterocycles. The summed E-state index contributed by atoms with van der Waals surface area (Å²) in [6.45, 7) is 46.6. The zero-order valence-corrected chi connectivity index (χ0v) is 43.1. The van der Waals surface area contributed by atoms with E-state index in [0.29, 0.717) is 12.1 Å². The summed E-state index contributed by atoms with van der Waals surface area (Å²) in [7, 11) is -9.74. The first-order chi connectivity index (χ1) is 25.3. The van der Waals surface area contributed by atoms with Crippen molar-refractivity contribution in [2.24, 2.45) is 11.8 Å². The van der Waals surface area contributed by atoms with Crippen LogP contribution in [0.2, 0.25) is 71.5 Å². The average Bonchev–Trinajstić information content (AvgIpc) is 3.24. The van der Waals surface area contributed by atoms with Crippen LogP contribution in [0.3, 0.4) is 0 Å². The third-order valence-corrected chi connectivity index (χ3v) is 26.9. The molecule has 2 aliphatic heterocycles. The topological polar surface area (TPSA) is 55.4 Å². The molecule has 4 rings (SSSR count). The summed E-state index contributed by atoms with van der Waals surface area (Å²) in [6.07, 6.45) is 0.659. The standard InChI is InChI=1S/C46H80O6Si4/c1-33-39(35-27-23-21-24-28-35)51-55(43(3,4)5,44(6,7)8)31-37(41(33)49-53(15,16)17)47-48-38-32-56(45(9,10)11,46(12,13)14)52-40(36-29-25-22-26-30-36)34(2)42(38)50-54(18,19)20/h21-30,33-34,37-40H,31-32H2,1-20H3/t33-,34-,37+,38+,39+,40+/m1/s1. The molecule has 0 amide bonds. The molecule has 2 radical (unpaired) electrons. The van der Waals surface area contributed by atoms with Gasteiger partial charge >= 0.3 is 0 Å². The van der Waals surface area contributed by atoms with Crippen LogP contribution >= 0.6 is 0 Å². The van der Waals surface area contributed by atoms with E-state index in [4.69, 9.17) is 27.5 Å². The lowest BCUT2D eigenvalue weighted by molar-refractivity contribution is -0.350. The first kappa shape index (κ1) is 47.7. The summed E-state index contributed by atoms with van der Waals surface area (Å²) in [6, 6.07) is 22.9. The van der Waals surface area contributed by atoms with Crippen LogP contribution in [0.4, 0.5) is 0 Å². The lowest BCUT2D eigenvalue weighted by Gasteiger charge is -2.52. The Hall–Kier alpha value is -0.932. The first-order valence-electron chi connectivity index (χ1n) is 21.2. The van der Waals surface area contributed by atoms with E-state index in [1.165, 1.54) is 11.1 Å². The molecule has 2 fully saturated rings. The Bertz CT molecular complexity index is 1400. The van der Waals surface area contributed by atoms with Crippen molar-refractivity contribution in [3.8, 4) is 0 Å². The Morgan fingerprint density at radius 1 is 0.482 bits per heavy atom. The summed E-state index contributed by atoms with van der Waals surface area (Å²) in [5.74, 6) is -0.148. The van der Waals surface area contributed by atoms with E-state index >= 15 is 0 Å². The Labute approximate surface area is 348 Å². The molecule has 2 aromatic rings. The third kappa shape index (κ3) is 10.3. The lowest BCUT2D eigenvalue weighted by atomic mass is 9.90. The molecule has 0 saturated carbocycles. The van der Waals surface area contributed by atoms with E-state index in [9.17, 15) is 0 Å².